The molecule has 2 fully saturated rings. The molecule has 0 bridgehead atoms. The lowest BCUT2D eigenvalue weighted by molar-refractivity contribution is -0.241. The Balaban J connectivity index is 0.951. The fraction of sp³-hybridized carbons (Fsp3) is 0.429. The van der Waals surface area contributed by atoms with Gasteiger partial charge in [-0.3, -0.25) is 29.2 Å². The number of carbonyl (C=O) groups is 4. The van der Waals surface area contributed by atoms with Gasteiger partial charge in [0.15, 0.2) is 0 Å². The van der Waals surface area contributed by atoms with Crippen LogP contribution in [0, 0.1) is 0 Å². The molecule has 260 valence electrons. The molecule has 0 radical (unpaired) electrons. The molecule has 4 aliphatic heterocycles. The molecule has 4 aliphatic rings. The highest BCUT2D eigenvalue weighted by Gasteiger charge is 2.41. The molecular weight excluding hydrogens is 636 g/mol. The molecule has 2 unspecified atom stereocenters. The predicted molar refractivity (Wildman–Crippen MR) is 177 cm³/mol. The zero-order valence-electron chi connectivity index (χ0n) is 27.7. The molecule has 49 heavy (non-hydrogen) atoms. The standard InChI is InChI=1S/C35H40N4O10/c1-22-14-24-20-38(30-10-8-26(44-3)16-28(30)32(40)36(24)18-22)34(42)48-46-12-6-5-7-13-47-49-35(43)39-21-25-15-23(2)19-37(25)33(41)29-17-27(45-4)9-11-31(29)39/h8-11,16-17,24-25H,1-2,5-7,12-15,18-21H2,3-4H3. The summed E-state index contributed by atoms with van der Waals surface area (Å²) in [7, 11) is 3.03. The van der Waals surface area contributed by atoms with Crippen LogP contribution in [-0.4, -0.2) is 99.5 Å². The van der Waals surface area contributed by atoms with E-state index in [0.717, 1.165) is 11.1 Å². The Kier molecular flexibility index (Phi) is 10.1. The third-order valence-electron chi connectivity index (χ3n) is 9.13. The molecule has 0 aliphatic carbocycles. The van der Waals surface area contributed by atoms with Crippen LogP contribution in [0.25, 0.3) is 0 Å². The first kappa shape index (κ1) is 33.8. The second-order valence-electron chi connectivity index (χ2n) is 12.5. The van der Waals surface area contributed by atoms with Crippen molar-refractivity contribution >= 4 is 35.4 Å². The fourth-order valence-electron chi connectivity index (χ4n) is 6.70. The average Bonchev–Trinajstić information content (AvgIpc) is 3.61. The van der Waals surface area contributed by atoms with Gasteiger partial charge in [-0.05, 0) is 68.5 Å². The molecule has 4 heterocycles. The SMILES string of the molecule is C=C1CC2CN(C(=O)OOCCCCCOOC(=O)N3CC4CC(=C)CN4C(=O)c4cc(OC)ccc43)c3ccc(OC)cc3C(=O)N2C1. The minimum atomic E-state index is -0.728. The van der Waals surface area contributed by atoms with Crippen LogP contribution >= 0.6 is 0 Å². The first-order valence-electron chi connectivity index (χ1n) is 16.2. The van der Waals surface area contributed by atoms with Crippen molar-refractivity contribution in [1.29, 1.82) is 0 Å². The molecule has 0 aromatic heterocycles. The van der Waals surface area contributed by atoms with E-state index in [1.807, 2.05) is 0 Å². The molecule has 2 aromatic carbocycles. The number of hydrogen-bond donors (Lipinski definition) is 0. The second-order valence-corrected chi connectivity index (χ2v) is 12.5. The number of carbonyl (C=O) groups excluding carboxylic acids is 4. The van der Waals surface area contributed by atoms with Gasteiger partial charge >= 0.3 is 12.2 Å². The molecule has 4 amide bonds. The highest BCUT2D eigenvalue weighted by atomic mass is 17.2. The van der Waals surface area contributed by atoms with Gasteiger partial charge in [0.05, 0.1) is 75.1 Å². The van der Waals surface area contributed by atoms with Gasteiger partial charge in [-0.2, -0.15) is 9.78 Å². The molecule has 2 saturated heterocycles. The largest absolute Gasteiger partial charge is 0.497 e. The van der Waals surface area contributed by atoms with E-state index in [4.69, 9.17) is 29.0 Å². The van der Waals surface area contributed by atoms with E-state index in [-0.39, 0.29) is 50.2 Å². The lowest BCUT2D eigenvalue weighted by Gasteiger charge is -2.25. The molecule has 2 atom stereocenters. The van der Waals surface area contributed by atoms with Gasteiger partial charge in [-0.25, -0.2) is 9.59 Å². The number of hydrogen-bond acceptors (Lipinski definition) is 10. The summed E-state index contributed by atoms with van der Waals surface area (Å²) in [4.78, 5) is 79.9. The van der Waals surface area contributed by atoms with Crippen molar-refractivity contribution in [2.75, 3.05) is 63.4 Å². The van der Waals surface area contributed by atoms with Crippen LogP contribution < -0.4 is 19.3 Å². The Bertz CT molecular complexity index is 1540. The highest BCUT2D eigenvalue weighted by molar-refractivity contribution is 6.06. The van der Waals surface area contributed by atoms with Crippen molar-refractivity contribution in [3.8, 4) is 11.5 Å². The van der Waals surface area contributed by atoms with Crippen LogP contribution in [0.15, 0.2) is 60.7 Å². The van der Waals surface area contributed by atoms with Crippen molar-refractivity contribution in [2.24, 2.45) is 0 Å². The number of ether oxygens (including phenoxy) is 2. The molecule has 6 rings (SSSR count). The Morgan fingerprint density at radius 2 is 1.12 bits per heavy atom. The predicted octanol–water partition coefficient (Wildman–Crippen LogP) is 4.89. The zero-order chi connectivity index (χ0) is 34.7. The van der Waals surface area contributed by atoms with Gasteiger partial charge in [-0.1, -0.05) is 24.3 Å². The highest BCUT2D eigenvalue weighted by Crippen LogP contribution is 2.37. The lowest BCUT2D eigenvalue weighted by atomic mass is 10.1. The number of nitrogens with zero attached hydrogens (tertiary/aromatic N) is 4. The van der Waals surface area contributed by atoms with Gasteiger partial charge in [0.1, 0.15) is 11.5 Å². The van der Waals surface area contributed by atoms with Crippen molar-refractivity contribution in [3.63, 3.8) is 0 Å². The molecule has 0 N–H and O–H groups in total. The van der Waals surface area contributed by atoms with E-state index in [1.165, 1.54) is 24.0 Å². The van der Waals surface area contributed by atoms with Gasteiger partial charge in [0, 0.05) is 13.1 Å². The lowest BCUT2D eigenvalue weighted by Crippen LogP contribution is -2.42. The van der Waals surface area contributed by atoms with Crippen molar-refractivity contribution in [1.82, 2.24) is 9.80 Å². The van der Waals surface area contributed by atoms with Crippen LogP contribution in [0.5, 0.6) is 11.5 Å². The van der Waals surface area contributed by atoms with Crippen LogP contribution in [0.3, 0.4) is 0 Å². The smallest absolute Gasteiger partial charge is 0.445 e. The van der Waals surface area contributed by atoms with Crippen LogP contribution in [0.1, 0.15) is 52.8 Å². The van der Waals surface area contributed by atoms with Crippen LogP contribution in [-0.2, 0) is 19.6 Å². The third-order valence-corrected chi connectivity index (χ3v) is 9.13. The summed E-state index contributed by atoms with van der Waals surface area (Å²) in [6.45, 7) is 9.66. The number of amides is 4. The monoisotopic (exact) mass is 676 g/mol. The molecule has 14 heteroatoms. The quantitative estimate of drug-likeness (QED) is 0.148. The number of fused-ring (bicyclic) bond motifs is 4. The van der Waals surface area contributed by atoms with Crippen molar-refractivity contribution < 1.29 is 48.2 Å². The maximum Gasteiger partial charge on any atom is 0.445 e. The summed E-state index contributed by atoms with van der Waals surface area (Å²) in [5.41, 5.74) is 3.37. The Labute approximate surface area is 284 Å². The van der Waals surface area contributed by atoms with E-state index in [1.54, 1.807) is 46.2 Å². The maximum atomic E-state index is 13.3. The third kappa shape index (κ3) is 7.06. The zero-order valence-corrected chi connectivity index (χ0v) is 27.7. The Morgan fingerprint density at radius 1 is 0.694 bits per heavy atom. The number of rotatable bonds is 10. The molecule has 2 aromatic rings. The number of anilines is 2. The van der Waals surface area contributed by atoms with Crippen molar-refractivity contribution in [3.05, 3.63) is 71.8 Å². The van der Waals surface area contributed by atoms with E-state index in [9.17, 15) is 19.2 Å². The fourth-order valence-corrected chi connectivity index (χ4v) is 6.70. The molecular formula is C35H40N4O10. The summed E-state index contributed by atoms with van der Waals surface area (Å²) < 4.78 is 10.6. The summed E-state index contributed by atoms with van der Waals surface area (Å²) in [5, 5.41) is 0. The topological polar surface area (TPSA) is 137 Å². The van der Waals surface area contributed by atoms with E-state index < -0.39 is 12.2 Å². The Morgan fingerprint density at radius 3 is 1.53 bits per heavy atom. The number of unbranched alkanes of at least 4 members (excludes halogenated alkanes) is 2. The number of methoxy groups -OCH3 is 2. The van der Waals surface area contributed by atoms with Gasteiger partial charge < -0.3 is 19.3 Å². The van der Waals surface area contributed by atoms with Crippen LogP contribution in [0.2, 0.25) is 0 Å². The number of benzene rings is 2. The second kappa shape index (κ2) is 14.6. The normalized spacial score (nSPS) is 19.9. The van der Waals surface area contributed by atoms with Crippen LogP contribution in [0.4, 0.5) is 21.0 Å². The van der Waals surface area contributed by atoms with Crippen molar-refractivity contribution in [2.45, 2.75) is 44.2 Å². The minimum Gasteiger partial charge on any atom is -0.497 e. The first-order valence-corrected chi connectivity index (χ1v) is 16.2. The van der Waals surface area contributed by atoms with E-state index in [2.05, 4.69) is 13.2 Å². The summed E-state index contributed by atoms with van der Waals surface area (Å²) in [6.07, 6.45) is 1.44. The van der Waals surface area contributed by atoms with E-state index in [0.29, 0.717) is 79.2 Å². The maximum absolute atomic E-state index is 13.3. The summed E-state index contributed by atoms with van der Waals surface area (Å²) in [6, 6.07) is 9.50. The van der Waals surface area contributed by atoms with E-state index >= 15 is 0 Å². The van der Waals surface area contributed by atoms with Gasteiger partial charge in [0.2, 0.25) is 0 Å². The first-order chi connectivity index (χ1) is 23.7. The summed E-state index contributed by atoms with van der Waals surface area (Å²) >= 11 is 0. The van der Waals surface area contributed by atoms with Gasteiger partial charge in [-0.15, -0.1) is 0 Å². The Hall–Kier alpha value is -5.08. The molecule has 0 saturated carbocycles. The minimum absolute atomic E-state index is 0.130. The summed E-state index contributed by atoms with van der Waals surface area (Å²) in [5.74, 6) is 0.619. The van der Waals surface area contributed by atoms with Gasteiger partial charge in [0.25, 0.3) is 11.8 Å². The average molecular weight is 677 g/mol. The molecule has 0 spiro atoms. The molecule has 14 nitrogen and oxygen atoms in total.